The van der Waals surface area contributed by atoms with Gasteiger partial charge in [0.15, 0.2) is 4.67 Å². The van der Waals surface area contributed by atoms with Crippen molar-refractivity contribution < 1.29 is 4.42 Å². The number of halogens is 2. The Morgan fingerprint density at radius 3 is 2.18 bits per heavy atom. The fourth-order valence-electron chi connectivity index (χ4n) is 0.739. The van der Waals surface area contributed by atoms with Crippen molar-refractivity contribution >= 4 is 38.5 Å². The lowest BCUT2D eigenvalue weighted by atomic mass is 9.93. The summed E-state index contributed by atoms with van der Waals surface area (Å²) >= 11 is 5.38. The zero-order chi connectivity index (χ0) is 8.65. The average molecular weight is 330 g/mol. The second kappa shape index (κ2) is 3.05. The van der Waals surface area contributed by atoms with Gasteiger partial charge in [-0.3, -0.25) is 0 Å². The Bertz CT molecular complexity index is 264. The molecule has 0 atom stereocenters. The number of oxazole rings is 1. The van der Waals surface area contributed by atoms with E-state index in [1.165, 1.54) is 0 Å². The maximum atomic E-state index is 5.23. The minimum Gasteiger partial charge on any atom is -0.425 e. The third kappa shape index (κ3) is 2.18. The highest BCUT2D eigenvalue weighted by molar-refractivity contribution is 14.1. The average Bonchev–Trinajstić information content (AvgIpc) is 2.08. The molecule has 1 heterocycles. The van der Waals surface area contributed by atoms with E-state index in [2.05, 4.69) is 64.3 Å². The first-order valence-electron chi connectivity index (χ1n) is 3.23. The van der Waals surface area contributed by atoms with E-state index in [1.54, 1.807) is 0 Å². The maximum absolute atomic E-state index is 5.23. The second-order valence-corrected chi connectivity index (χ2v) is 4.98. The molecule has 0 spiro atoms. The predicted molar refractivity (Wildman–Crippen MR) is 55.6 cm³/mol. The zero-order valence-corrected chi connectivity index (χ0v) is 10.4. The lowest BCUT2D eigenvalue weighted by Crippen LogP contribution is -2.12. The van der Waals surface area contributed by atoms with Gasteiger partial charge in [-0.1, -0.05) is 20.8 Å². The highest BCUT2D eigenvalue weighted by atomic mass is 127. The molecular formula is C7H9BrINO. The molecule has 0 amide bonds. The van der Waals surface area contributed by atoms with Gasteiger partial charge in [-0.15, -0.1) is 0 Å². The van der Waals surface area contributed by atoms with Crippen molar-refractivity contribution in [1.82, 2.24) is 4.98 Å². The molecule has 0 fully saturated rings. The van der Waals surface area contributed by atoms with E-state index >= 15 is 0 Å². The van der Waals surface area contributed by atoms with Gasteiger partial charge in [-0.25, -0.2) is 4.98 Å². The Kier molecular flexibility index (Phi) is 2.63. The Morgan fingerprint density at radius 2 is 2.00 bits per heavy atom. The SMILES string of the molecule is CC(C)(C)c1nc(I)oc1Br. The fraction of sp³-hybridized carbons (Fsp3) is 0.571. The first-order valence-corrected chi connectivity index (χ1v) is 5.11. The Balaban J connectivity index is 3.13. The monoisotopic (exact) mass is 329 g/mol. The van der Waals surface area contributed by atoms with Crippen LogP contribution in [0.15, 0.2) is 9.09 Å². The van der Waals surface area contributed by atoms with E-state index in [4.69, 9.17) is 4.42 Å². The first-order chi connectivity index (χ1) is 4.91. The van der Waals surface area contributed by atoms with Gasteiger partial charge >= 0.3 is 0 Å². The van der Waals surface area contributed by atoms with Crippen LogP contribution in [0.1, 0.15) is 26.5 Å². The van der Waals surface area contributed by atoms with Gasteiger partial charge in [0.25, 0.3) is 3.90 Å². The summed E-state index contributed by atoms with van der Waals surface area (Å²) in [7, 11) is 0. The van der Waals surface area contributed by atoms with Crippen molar-refractivity contribution in [2.24, 2.45) is 0 Å². The van der Waals surface area contributed by atoms with Crippen LogP contribution in [0.4, 0.5) is 0 Å². The number of hydrogen-bond acceptors (Lipinski definition) is 2. The number of rotatable bonds is 0. The van der Waals surface area contributed by atoms with Crippen LogP contribution in [0.25, 0.3) is 0 Å². The molecule has 1 rings (SSSR count). The van der Waals surface area contributed by atoms with Crippen LogP contribution in [-0.2, 0) is 5.41 Å². The highest BCUT2D eigenvalue weighted by Crippen LogP contribution is 2.29. The van der Waals surface area contributed by atoms with Gasteiger partial charge in [0.05, 0.1) is 0 Å². The summed E-state index contributed by atoms with van der Waals surface area (Å²) in [5.41, 5.74) is 1.02. The summed E-state index contributed by atoms with van der Waals surface area (Å²) in [6.45, 7) is 6.31. The molecule has 4 heteroatoms. The first kappa shape index (κ1) is 9.51. The van der Waals surface area contributed by atoms with Crippen LogP contribution in [0.2, 0.25) is 0 Å². The van der Waals surface area contributed by atoms with Gasteiger partial charge in [0, 0.05) is 28.0 Å². The molecule has 11 heavy (non-hydrogen) atoms. The topological polar surface area (TPSA) is 26.0 Å². The normalized spacial score (nSPS) is 12.1. The standard InChI is InChI=1S/C7H9BrINO/c1-7(2,3)4-5(8)11-6(9)10-4/h1-3H3. The highest BCUT2D eigenvalue weighted by Gasteiger charge is 2.22. The molecule has 2 nitrogen and oxygen atoms in total. The number of aromatic nitrogens is 1. The summed E-state index contributed by atoms with van der Waals surface area (Å²) in [4.78, 5) is 4.25. The maximum Gasteiger partial charge on any atom is 0.258 e. The Labute approximate surface area is 88.0 Å². The third-order valence-corrected chi connectivity index (χ3v) is 2.27. The van der Waals surface area contributed by atoms with E-state index in [9.17, 15) is 0 Å². The Hall–Kier alpha value is 0.420. The minimum atomic E-state index is 0.0474. The summed E-state index contributed by atoms with van der Waals surface area (Å²) in [5.74, 6) is 0. The van der Waals surface area contributed by atoms with Crippen molar-refractivity contribution in [3.05, 3.63) is 14.3 Å². The molecule has 1 aromatic rings. The van der Waals surface area contributed by atoms with Crippen molar-refractivity contribution in [1.29, 1.82) is 0 Å². The van der Waals surface area contributed by atoms with E-state index in [0.717, 1.165) is 10.4 Å². The van der Waals surface area contributed by atoms with E-state index in [-0.39, 0.29) is 5.41 Å². The summed E-state index contributed by atoms with van der Waals surface area (Å²) in [6, 6.07) is 0. The summed E-state index contributed by atoms with van der Waals surface area (Å²) in [5, 5.41) is 0. The van der Waals surface area contributed by atoms with Crippen molar-refractivity contribution in [2.45, 2.75) is 26.2 Å². The molecule has 0 aliphatic rings. The van der Waals surface area contributed by atoms with Gasteiger partial charge in [0.2, 0.25) is 0 Å². The van der Waals surface area contributed by atoms with E-state index in [0.29, 0.717) is 3.90 Å². The predicted octanol–water partition coefficient (Wildman–Crippen LogP) is 3.34. The van der Waals surface area contributed by atoms with Crippen molar-refractivity contribution in [2.75, 3.05) is 0 Å². The van der Waals surface area contributed by atoms with Gasteiger partial charge in [-0.2, -0.15) is 0 Å². The molecular weight excluding hydrogens is 321 g/mol. The quantitative estimate of drug-likeness (QED) is 0.682. The molecule has 0 saturated carbocycles. The number of hydrogen-bond donors (Lipinski definition) is 0. The van der Waals surface area contributed by atoms with E-state index < -0.39 is 0 Å². The number of nitrogens with zero attached hydrogens (tertiary/aromatic N) is 1. The molecule has 0 aliphatic carbocycles. The molecule has 0 N–H and O–H groups in total. The van der Waals surface area contributed by atoms with Gasteiger partial charge in [0.1, 0.15) is 5.69 Å². The van der Waals surface area contributed by atoms with Crippen molar-refractivity contribution in [3.63, 3.8) is 0 Å². The second-order valence-electron chi connectivity index (χ2n) is 3.34. The molecule has 0 aromatic carbocycles. The van der Waals surface area contributed by atoms with Crippen LogP contribution in [0.3, 0.4) is 0 Å². The molecule has 0 saturated heterocycles. The Morgan fingerprint density at radius 1 is 1.45 bits per heavy atom. The molecule has 0 aliphatic heterocycles. The summed E-state index contributed by atoms with van der Waals surface area (Å²) in [6.07, 6.45) is 0. The summed E-state index contributed by atoms with van der Waals surface area (Å²) < 4.78 is 6.66. The lowest BCUT2D eigenvalue weighted by molar-refractivity contribution is 0.491. The van der Waals surface area contributed by atoms with Crippen LogP contribution in [0.5, 0.6) is 0 Å². The van der Waals surface area contributed by atoms with Gasteiger partial charge < -0.3 is 4.42 Å². The van der Waals surface area contributed by atoms with Crippen LogP contribution in [-0.4, -0.2) is 4.98 Å². The molecule has 0 bridgehead atoms. The third-order valence-electron chi connectivity index (χ3n) is 1.27. The lowest BCUT2D eigenvalue weighted by Gasteiger charge is -2.13. The fourth-order valence-corrected chi connectivity index (χ4v) is 2.34. The van der Waals surface area contributed by atoms with Crippen LogP contribution >= 0.6 is 38.5 Å². The van der Waals surface area contributed by atoms with Crippen LogP contribution < -0.4 is 0 Å². The van der Waals surface area contributed by atoms with Crippen molar-refractivity contribution in [3.8, 4) is 0 Å². The van der Waals surface area contributed by atoms with E-state index in [1.807, 2.05) is 0 Å². The molecule has 0 radical (unpaired) electrons. The molecule has 62 valence electrons. The smallest absolute Gasteiger partial charge is 0.258 e. The largest absolute Gasteiger partial charge is 0.425 e. The molecule has 0 unspecified atom stereocenters. The minimum absolute atomic E-state index is 0.0474. The van der Waals surface area contributed by atoms with Crippen LogP contribution in [0, 0.1) is 3.90 Å². The zero-order valence-electron chi connectivity index (χ0n) is 6.61. The van der Waals surface area contributed by atoms with Gasteiger partial charge in [-0.05, 0) is 15.9 Å². The molecule has 1 aromatic heterocycles.